The maximum absolute atomic E-state index is 14.3. The van der Waals surface area contributed by atoms with E-state index in [-0.39, 0.29) is 53.0 Å². The van der Waals surface area contributed by atoms with Crippen LogP contribution >= 0.6 is 11.6 Å². The lowest BCUT2D eigenvalue weighted by molar-refractivity contribution is -0.128. The number of nitrogens with one attached hydrogen (secondary N) is 2. The van der Waals surface area contributed by atoms with Gasteiger partial charge in [-0.25, -0.2) is 18.2 Å². The van der Waals surface area contributed by atoms with Gasteiger partial charge in [0.15, 0.2) is 0 Å². The number of anilines is 1. The van der Waals surface area contributed by atoms with E-state index in [1.54, 1.807) is 16.1 Å². The van der Waals surface area contributed by atoms with Crippen LogP contribution in [0.25, 0.3) is 11.0 Å². The number of urea groups is 1. The summed E-state index contributed by atoms with van der Waals surface area (Å²) in [6.07, 6.45) is 1.20. The van der Waals surface area contributed by atoms with E-state index in [1.807, 2.05) is 76.2 Å². The molecule has 5 N–H and O–H groups in total. The van der Waals surface area contributed by atoms with Gasteiger partial charge in [-0.2, -0.15) is 4.31 Å². The predicted octanol–water partition coefficient (Wildman–Crippen LogP) is 4.89. The second-order valence-corrected chi connectivity index (χ2v) is 16.1. The fourth-order valence-electron chi connectivity index (χ4n) is 6.50. The Hall–Kier alpha value is -4.17. The number of aliphatic hydroxyl groups excluding tert-OH is 1. The Balaban J connectivity index is 1.38. The molecular formula is C37H48ClN7O5S. The molecule has 51 heavy (non-hydrogen) atoms. The molecule has 1 aliphatic rings. The van der Waals surface area contributed by atoms with Crippen molar-refractivity contribution in [2.24, 2.45) is 11.8 Å². The van der Waals surface area contributed by atoms with E-state index in [9.17, 15) is 23.1 Å². The molecule has 1 aromatic heterocycles. The lowest BCUT2D eigenvalue weighted by Gasteiger charge is -2.35. The lowest BCUT2D eigenvalue weighted by Crippen LogP contribution is -2.57. The molecule has 2 heterocycles. The Morgan fingerprint density at radius 2 is 1.80 bits per heavy atom. The van der Waals surface area contributed by atoms with Crippen LogP contribution in [0.3, 0.4) is 0 Å². The SMILES string of the molecule is CC[C@H](C)[C@@H](C(=O)N[C@@H](Cc1ccccc1)[C@H](O)CN(CC(C)C)S(=O)(=O)c1ccc(Cl)c(N)c1)N1CCN(Cc2ccc3nc[nH]c3c2)C1=O. The zero-order valence-corrected chi connectivity index (χ0v) is 31.1. The van der Waals surface area contributed by atoms with Crippen molar-refractivity contribution in [2.45, 2.75) is 70.2 Å². The molecule has 0 aliphatic carbocycles. The van der Waals surface area contributed by atoms with Crippen LogP contribution in [-0.2, 0) is 27.8 Å². The Morgan fingerprint density at radius 1 is 1.06 bits per heavy atom. The zero-order chi connectivity index (χ0) is 36.9. The van der Waals surface area contributed by atoms with E-state index in [0.29, 0.717) is 26.1 Å². The number of carbonyl (C=O) groups is 2. The summed E-state index contributed by atoms with van der Waals surface area (Å²) in [5, 5.41) is 15.1. The Bertz CT molecular complexity index is 1920. The van der Waals surface area contributed by atoms with Gasteiger partial charge in [-0.1, -0.05) is 82.1 Å². The predicted molar refractivity (Wildman–Crippen MR) is 199 cm³/mol. The quantitative estimate of drug-likeness (QED) is 0.119. The Kier molecular flexibility index (Phi) is 12.3. The number of sulfonamides is 1. The maximum atomic E-state index is 14.3. The van der Waals surface area contributed by atoms with Gasteiger partial charge in [0.25, 0.3) is 0 Å². The first-order valence-electron chi connectivity index (χ1n) is 17.3. The number of nitrogens with zero attached hydrogens (tertiary/aromatic N) is 4. The summed E-state index contributed by atoms with van der Waals surface area (Å²) < 4.78 is 29.0. The van der Waals surface area contributed by atoms with Crippen LogP contribution in [0, 0.1) is 11.8 Å². The monoisotopic (exact) mass is 737 g/mol. The minimum atomic E-state index is -4.10. The molecule has 0 bridgehead atoms. The van der Waals surface area contributed by atoms with Crippen LogP contribution in [0.1, 0.15) is 45.2 Å². The van der Waals surface area contributed by atoms with Gasteiger partial charge in [0.1, 0.15) is 6.04 Å². The number of rotatable bonds is 16. The van der Waals surface area contributed by atoms with Crippen molar-refractivity contribution >= 4 is 50.3 Å². The first-order chi connectivity index (χ1) is 24.3. The minimum Gasteiger partial charge on any atom is -0.397 e. The second-order valence-electron chi connectivity index (χ2n) is 13.8. The fraction of sp³-hybridized carbons (Fsp3) is 0.432. The first-order valence-corrected chi connectivity index (χ1v) is 19.1. The van der Waals surface area contributed by atoms with Gasteiger partial charge in [-0.3, -0.25) is 4.79 Å². The molecule has 3 aromatic carbocycles. The third kappa shape index (κ3) is 9.01. The highest BCUT2D eigenvalue weighted by atomic mass is 35.5. The van der Waals surface area contributed by atoms with Crippen LogP contribution in [0.15, 0.2) is 78.0 Å². The normalized spacial score (nSPS) is 16.2. The van der Waals surface area contributed by atoms with Gasteiger partial charge < -0.3 is 30.9 Å². The van der Waals surface area contributed by atoms with E-state index < -0.39 is 34.1 Å². The number of halogens is 1. The van der Waals surface area contributed by atoms with E-state index in [0.717, 1.165) is 22.2 Å². The van der Waals surface area contributed by atoms with Crippen molar-refractivity contribution in [3.63, 3.8) is 0 Å². The summed E-state index contributed by atoms with van der Waals surface area (Å²) in [6.45, 7) is 8.71. The molecule has 0 radical (unpaired) electrons. The molecule has 1 fully saturated rings. The average Bonchev–Trinajstić information content (AvgIpc) is 3.71. The third-order valence-corrected chi connectivity index (χ3v) is 11.6. The number of carbonyl (C=O) groups excluding carboxylic acids is 2. The summed E-state index contributed by atoms with van der Waals surface area (Å²) in [4.78, 5) is 38.8. The number of amides is 3. The molecule has 0 spiro atoms. The summed E-state index contributed by atoms with van der Waals surface area (Å²) in [5.41, 5.74) is 9.60. The number of benzene rings is 3. The second kappa shape index (κ2) is 16.4. The fourth-order valence-corrected chi connectivity index (χ4v) is 8.28. The highest BCUT2D eigenvalue weighted by Crippen LogP contribution is 2.27. The van der Waals surface area contributed by atoms with Crippen molar-refractivity contribution in [3.8, 4) is 0 Å². The van der Waals surface area contributed by atoms with E-state index >= 15 is 0 Å². The molecule has 4 atom stereocenters. The number of hydrogen-bond donors (Lipinski definition) is 4. The molecule has 12 nitrogen and oxygen atoms in total. The highest BCUT2D eigenvalue weighted by Gasteiger charge is 2.41. The van der Waals surface area contributed by atoms with Gasteiger partial charge in [-0.15, -0.1) is 0 Å². The molecule has 0 saturated carbocycles. The molecule has 1 saturated heterocycles. The van der Waals surface area contributed by atoms with E-state index in [4.69, 9.17) is 17.3 Å². The number of imidazole rings is 1. The van der Waals surface area contributed by atoms with Crippen molar-refractivity contribution in [2.75, 3.05) is 31.9 Å². The van der Waals surface area contributed by atoms with Gasteiger partial charge in [0.2, 0.25) is 15.9 Å². The number of nitrogens with two attached hydrogens (primary N) is 1. The third-order valence-electron chi connectivity index (χ3n) is 9.43. The van der Waals surface area contributed by atoms with Crippen LogP contribution in [0.5, 0.6) is 0 Å². The van der Waals surface area contributed by atoms with Crippen molar-refractivity contribution < 1.29 is 23.1 Å². The summed E-state index contributed by atoms with van der Waals surface area (Å²) >= 11 is 6.08. The van der Waals surface area contributed by atoms with E-state index in [2.05, 4.69) is 15.3 Å². The molecule has 3 amide bonds. The highest BCUT2D eigenvalue weighted by molar-refractivity contribution is 7.89. The summed E-state index contributed by atoms with van der Waals surface area (Å²) in [6, 6.07) is 17.4. The molecule has 5 rings (SSSR count). The number of aromatic nitrogens is 2. The van der Waals surface area contributed by atoms with Crippen LogP contribution in [-0.4, -0.2) is 93.9 Å². The number of fused-ring (bicyclic) bond motifs is 1. The maximum Gasteiger partial charge on any atom is 0.321 e. The molecule has 1 aliphatic heterocycles. The molecule has 0 unspecified atom stereocenters. The number of H-pyrrole nitrogens is 1. The smallest absolute Gasteiger partial charge is 0.321 e. The summed E-state index contributed by atoms with van der Waals surface area (Å²) in [7, 11) is -4.10. The molecular weight excluding hydrogens is 690 g/mol. The number of hydrogen-bond acceptors (Lipinski definition) is 7. The largest absolute Gasteiger partial charge is 0.397 e. The Labute approximate surface area is 305 Å². The number of aromatic amines is 1. The number of aliphatic hydroxyl groups is 1. The van der Waals surface area contributed by atoms with Crippen molar-refractivity contribution in [1.29, 1.82) is 0 Å². The minimum absolute atomic E-state index is 0.0423. The van der Waals surface area contributed by atoms with Gasteiger partial charge in [0, 0.05) is 32.7 Å². The summed E-state index contributed by atoms with van der Waals surface area (Å²) in [5.74, 6) is -0.667. The van der Waals surface area contributed by atoms with Gasteiger partial charge >= 0.3 is 6.03 Å². The molecule has 274 valence electrons. The van der Waals surface area contributed by atoms with Crippen molar-refractivity contribution in [3.05, 3.63) is 89.2 Å². The van der Waals surface area contributed by atoms with Crippen LogP contribution < -0.4 is 11.1 Å². The van der Waals surface area contributed by atoms with Gasteiger partial charge in [0.05, 0.1) is 45.1 Å². The van der Waals surface area contributed by atoms with Crippen LogP contribution in [0.4, 0.5) is 10.5 Å². The average molecular weight is 738 g/mol. The van der Waals surface area contributed by atoms with Gasteiger partial charge in [-0.05, 0) is 59.7 Å². The Morgan fingerprint density at radius 3 is 2.49 bits per heavy atom. The van der Waals surface area contributed by atoms with Crippen molar-refractivity contribution in [1.82, 2.24) is 29.4 Å². The first kappa shape index (κ1) is 38.1. The zero-order valence-electron chi connectivity index (χ0n) is 29.5. The lowest BCUT2D eigenvalue weighted by atomic mass is 9.95. The topological polar surface area (TPSA) is 165 Å². The van der Waals surface area contributed by atoms with Crippen LogP contribution in [0.2, 0.25) is 5.02 Å². The standard InChI is InChI=1S/C37H48ClN7O5S/c1-5-25(4)35(45-16-15-43(37(45)48)21-27-11-14-31-32(18-27)41-23-40-31)36(47)42-33(17-26-9-7-6-8-10-26)34(46)22-44(20-24(2)3)51(49,50)28-12-13-29(38)30(39)19-28/h6-14,18-19,23-25,33-35,46H,5,15-17,20-22,39H2,1-4H3,(H,40,41)(H,42,47)/t25-,33-,34+,35-/m0/s1. The molecule has 4 aromatic rings. The molecule has 14 heteroatoms. The number of nitrogen functional groups attached to an aromatic ring is 1. The van der Waals surface area contributed by atoms with E-state index in [1.165, 1.54) is 22.5 Å².